The summed E-state index contributed by atoms with van der Waals surface area (Å²) in [5.74, 6) is 2.63. The van der Waals surface area contributed by atoms with E-state index in [9.17, 15) is 4.79 Å². The Morgan fingerprint density at radius 1 is 1.31 bits per heavy atom. The van der Waals surface area contributed by atoms with Gasteiger partial charge in [0.1, 0.15) is 22.7 Å². The number of nitrogens with one attached hydrogen (secondary N) is 2. The van der Waals surface area contributed by atoms with E-state index in [4.69, 9.17) is 27.5 Å². The van der Waals surface area contributed by atoms with Gasteiger partial charge in [-0.3, -0.25) is 4.79 Å². The van der Waals surface area contributed by atoms with Gasteiger partial charge < -0.3 is 31.0 Å². The number of carbonyl (C=O) groups excluding carboxylic acids is 1. The highest BCUT2D eigenvalue weighted by atomic mass is 35.5. The Labute approximate surface area is 238 Å². The third-order valence-electron chi connectivity index (χ3n) is 7.70. The van der Waals surface area contributed by atoms with E-state index < -0.39 is 0 Å². The van der Waals surface area contributed by atoms with Crippen LogP contribution in [0.25, 0.3) is 10.2 Å². The van der Waals surface area contributed by atoms with E-state index in [0.29, 0.717) is 59.8 Å². The number of thiophene rings is 1. The Morgan fingerprint density at radius 2 is 2.13 bits per heavy atom. The van der Waals surface area contributed by atoms with E-state index in [2.05, 4.69) is 27.2 Å². The summed E-state index contributed by atoms with van der Waals surface area (Å²) in [7, 11) is 2.11. The fraction of sp³-hybridized carbons (Fsp3) is 0.500. The lowest BCUT2D eigenvalue weighted by Crippen LogP contribution is -2.47. The monoisotopic (exact) mass is 569 g/mol. The molecule has 5 rings (SSSR count). The first-order valence-corrected chi connectivity index (χ1v) is 14.9. The summed E-state index contributed by atoms with van der Waals surface area (Å²) < 4.78 is 5.97. The number of ether oxygens (including phenoxy) is 1. The number of aromatic nitrogens is 2. The molecule has 2 aliphatic rings. The van der Waals surface area contributed by atoms with Crippen LogP contribution in [0, 0.1) is 11.3 Å². The fourth-order valence-corrected chi connectivity index (χ4v) is 6.79. The number of fused-ring (bicyclic) bond motifs is 3. The molecule has 0 spiro atoms. The van der Waals surface area contributed by atoms with Crippen LogP contribution in [0.3, 0.4) is 0 Å². The molecular weight excluding hydrogens is 534 g/mol. The van der Waals surface area contributed by atoms with Crippen molar-refractivity contribution in [2.45, 2.75) is 38.5 Å². The van der Waals surface area contributed by atoms with Gasteiger partial charge in [-0.05, 0) is 56.7 Å². The van der Waals surface area contributed by atoms with Crippen molar-refractivity contribution in [3.05, 3.63) is 34.5 Å². The zero-order valence-corrected chi connectivity index (χ0v) is 23.9. The largest absolute Gasteiger partial charge is 0.491 e. The second-order valence-corrected chi connectivity index (χ2v) is 11.8. The highest BCUT2D eigenvalue weighted by Crippen LogP contribution is 2.42. The third-order valence-corrected chi connectivity index (χ3v) is 9.13. The summed E-state index contributed by atoms with van der Waals surface area (Å²) in [6.45, 7) is 4.05. The number of aryl methyl sites for hydroxylation is 1. The number of amides is 1. The van der Waals surface area contributed by atoms with Crippen LogP contribution < -0.4 is 15.8 Å². The molecule has 0 saturated carbocycles. The maximum Gasteiger partial charge on any atom is 0.222 e. The standard InChI is InChI=1S/C28H36ClN7O2S/c1-35-8-10-36(11-9-35)25(37)6-4-18-3-5-20-24(13-18)39-28-26(20)27(32-17-33-28)34-22-14-19(16-30)21(31)15-23(22)38-12-2-7-29/h14-18,30H,2-13,31H2,1H3,(H,32,33,34). The van der Waals surface area contributed by atoms with E-state index in [1.807, 2.05) is 11.0 Å². The molecule has 1 aliphatic heterocycles. The molecular formula is C28H36ClN7O2S. The maximum atomic E-state index is 12.8. The number of benzene rings is 1. The van der Waals surface area contributed by atoms with E-state index in [1.165, 1.54) is 16.7 Å². The van der Waals surface area contributed by atoms with E-state index in [0.717, 1.165) is 67.9 Å². The number of piperazine rings is 1. The van der Waals surface area contributed by atoms with Crippen molar-refractivity contribution in [3.63, 3.8) is 0 Å². The Hall–Kier alpha value is -2.95. The summed E-state index contributed by atoms with van der Waals surface area (Å²) in [6.07, 6.45) is 8.05. The second kappa shape index (κ2) is 12.5. The number of nitrogens with zero attached hydrogens (tertiary/aromatic N) is 4. The number of likely N-dealkylation sites (N-methyl/N-ethyl adjacent to an activating group) is 1. The molecule has 3 aromatic rings. The van der Waals surface area contributed by atoms with Gasteiger partial charge in [0.15, 0.2) is 0 Å². The van der Waals surface area contributed by atoms with Gasteiger partial charge in [-0.25, -0.2) is 9.97 Å². The van der Waals surface area contributed by atoms with E-state index >= 15 is 0 Å². The molecule has 1 aliphatic carbocycles. The molecule has 1 atom stereocenters. The number of hydrogen-bond donors (Lipinski definition) is 3. The molecule has 1 saturated heterocycles. The number of anilines is 3. The predicted octanol–water partition coefficient (Wildman–Crippen LogP) is 4.68. The van der Waals surface area contributed by atoms with Gasteiger partial charge in [-0.2, -0.15) is 0 Å². The summed E-state index contributed by atoms with van der Waals surface area (Å²) in [6, 6.07) is 3.56. The molecule has 1 amide bonds. The van der Waals surface area contributed by atoms with Crippen LogP contribution in [0.4, 0.5) is 17.2 Å². The van der Waals surface area contributed by atoms with Gasteiger partial charge in [0.2, 0.25) is 5.91 Å². The van der Waals surface area contributed by atoms with Crippen LogP contribution in [0.1, 0.15) is 41.7 Å². The lowest BCUT2D eigenvalue weighted by Gasteiger charge is -2.33. The van der Waals surface area contributed by atoms with Crippen molar-refractivity contribution >= 4 is 62.5 Å². The van der Waals surface area contributed by atoms with Gasteiger partial charge in [-0.1, -0.05) is 0 Å². The van der Waals surface area contributed by atoms with Gasteiger partial charge in [0.05, 0.1) is 17.7 Å². The highest BCUT2D eigenvalue weighted by molar-refractivity contribution is 7.19. The van der Waals surface area contributed by atoms with Crippen LogP contribution >= 0.6 is 22.9 Å². The number of rotatable bonds is 10. The van der Waals surface area contributed by atoms with Gasteiger partial charge in [0.25, 0.3) is 0 Å². The summed E-state index contributed by atoms with van der Waals surface area (Å²) in [4.78, 5) is 28.6. The zero-order valence-electron chi connectivity index (χ0n) is 22.3. The van der Waals surface area contributed by atoms with Crippen molar-refractivity contribution in [1.82, 2.24) is 19.8 Å². The molecule has 39 heavy (non-hydrogen) atoms. The second-order valence-electron chi connectivity index (χ2n) is 10.4. The van der Waals surface area contributed by atoms with Crippen LogP contribution in [-0.4, -0.2) is 77.6 Å². The molecule has 9 nitrogen and oxygen atoms in total. The van der Waals surface area contributed by atoms with Crippen LogP contribution in [-0.2, 0) is 17.6 Å². The van der Waals surface area contributed by atoms with Crippen LogP contribution in [0.15, 0.2) is 18.5 Å². The number of alkyl halides is 1. The normalized spacial score (nSPS) is 17.7. The van der Waals surface area contributed by atoms with Crippen LogP contribution in [0.2, 0.25) is 0 Å². The average Bonchev–Trinajstić information content (AvgIpc) is 3.32. The molecule has 2 aromatic heterocycles. The molecule has 1 unspecified atom stereocenters. The molecule has 4 N–H and O–H groups in total. The third kappa shape index (κ3) is 6.28. The Morgan fingerprint density at radius 3 is 2.90 bits per heavy atom. The Kier molecular flexibility index (Phi) is 8.84. The zero-order chi connectivity index (χ0) is 27.4. The lowest BCUT2D eigenvalue weighted by molar-refractivity contribution is -0.133. The maximum absolute atomic E-state index is 12.8. The summed E-state index contributed by atoms with van der Waals surface area (Å²) >= 11 is 7.56. The predicted molar refractivity (Wildman–Crippen MR) is 159 cm³/mol. The number of nitrogen functional groups attached to an aromatic ring is 1. The first kappa shape index (κ1) is 27.6. The minimum Gasteiger partial charge on any atom is -0.491 e. The topological polar surface area (TPSA) is 120 Å². The van der Waals surface area contributed by atoms with Crippen molar-refractivity contribution < 1.29 is 9.53 Å². The minimum absolute atomic E-state index is 0.291. The first-order valence-electron chi connectivity index (χ1n) is 13.6. The molecule has 208 valence electrons. The molecule has 0 radical (unpaired) electrons. The summed E-state index contributed by atoms with van der Waals surface area (Å²) in [5.41, 5.74) is 9.22. The Balaban J connectivity index is 1.32. The highest BCUT2D eigenvalue weighted by Gasteiger charge is 2.27. The number of hydrogen-bond acceptors (Lipinski definition) is 9. The quantitative estimate of drug-likeness (QED) is 0.140. The molecule has 0 bridgehead atoms. The number of halogens is 1. The number of carbonyl (C=O) groups is 1. The number of nitrogens with two attached hydrogens (primary N) is 1. The smallest absolute Gasteiger partial charge is 0.222 e. The van der Waals surface area contributed by atoms with Gasteiger partial charge in [0, 0.05) is 66.9 Å². The van der Waals surface area contributed by atoms with Gasteiger partial charge >= 0.3 is 0 Å². The molecule has 3 heterocycles. The molecule has 1 aromatic carbocycles. The SMILES string of the molecule is CN1CCN(C(=O)CCC2CCc3c(sc4ncnc(Nc5cc(C=N)c(N)cc5OCCCCl)c34)C2)CC1. The first-order chi connectivity index (χ1) is 19.0. The average molecular weight is 570 g/mol. The van der Waals surface area contributed by atoms with E-state index in [-0.39, 0.29) is 0 Å². The van der Waals surface area contributed by atoms with Crippen molar-refractivity contribution in [3.8, 4) is 5.75 Å². The fourth-order valence-electron chi connectivity index (χ4n) is 5.38. The summed E-state index contributed by atoms with van der Waals surface area (Å²) in [5, 5.41) is 12.2. The molecule has 11 heteroatoms. The minimum atomic E-state index is 0.291. The van der Waals surface area contributed by atoms with Crippen molar-refractivity contribution in [1.29, 1.82) is 5.41 Å². The van der Waals surface area contributed by atoms with Gasteiger partial charge in [-0.15, -0.1) is 22.9 Å². The van der Waals surface area contributed by atoms with Crippen molar-refractivity contribution in [2.24, 2.45) is 5.92 Å². The lowest BCUT2D eigenvalue weighted by atomic mass is 9.85. The Bertz CT molecular complexity index is 1340. The van der Waals surface area contributed by atoms with Crippen molar-refractivity contribution in [2.75, 3.05) is 56.8 Å². The van der Waals surface area contributed by atoms with Crippen LogP contribution in [0.5, 0.6) is 5.75 Å². The molecule has 1 fully saturated rings. The van der Waals surface area contributed by atoms with E-state index in [1.54, 1.807) is 23.7 Å².